The van der Waals surface area contributed by atoms with E-state index in [1.54, 1.807) is 11.3 Å². The molecule has 1 N–H and O–H groups in total. The van der Waals surface area contributed by atoms with E-state index < -0.39 is 0 Å². The summed E-state index contributed by atoms with van der Waals surface area (Å²) in [4.78, 5) is 18.5. The molecule has 2 heterocycles. The summed E-state index contributed by atoms with van der Waals surface area (Å²) in [5.41, 5.74) is 1.09. The molecule has 0 aliphatic carbocycles. The highest BCUT2D eigenvalue weighted by atomic mass is 32.1. The van der Waals surface area contributed by atoms with E-state index in [0.29, 0.717) is 18.9 Å². The number of ether oxygens (including phenoxy) is 1. The van der Waals surface area contributed by atoms with Crippen LogP contribution in [0.15, 0.2) is 5.38 Å². The van der Waals surface area contributed by atoms with E-state index in [9.17, 15) is 4.79 Å². The molecule has 1 aliphatic rings. The Morgan fingerprint density at radius 3 is 2.95 bits per heavy atom. The second-order valence-electron chi connectivity index (χ2n) is 5.50. The van der Waals surface area contributed by atoms with Crippen LogP contribution < -0.4 is 5.32 Å². The van der Waals surface area contributed by atoms with E-state index in [0.717, 1.165) is 43.5 Å². The molecule has 20 heavy (non-hydrogen) atoms. The average Bonchev–Trinajstić information content (AvgIpc) is 2.84. The maximum atomic E-state index is 11.6. The highest BCUT2D eigenvalue weighted by Crippen LogP contribution is 2.13. The number of thiazole rings is 1. The van der Waals surface area contributed by atoms with E-state index in [2.05, 4.69) is 20.6 Å². The first-order valence-corrected chi connectivity index (χ1v) is 8.01. The summed E-state index contributed by atoms with van der Waals surface area (Å²) in [7, 11) is 0. The number of hydrogen-bond donors (Lipinski definition) is 1. The summed E-state index contributed by atoms with van der Waals surface area (Å²) in [5, 5.41) is 5.98. The number of nitrogens with zero attached hydrogens (tertiary/aromatic N) is 2. The Bertz CT molecular complexity index is 428. The maximum Gasteiger partial charge on any atom is 0.220 e. The van der Waals surface area contributed by atoms with Crippen molar-refractivity contribution in [2.45, 2.75) is 33.4 Å². The fourth-order valence-electron chi connectivity index (χ4n) is 2.11. The third kappa shape index (κ3) is 5.19. The van der Waals surface area contributed by atoms with Gasteiger partial charge in [0, 0.05) is 31.4 Å². The Hall–Kier alpha value is -0.980. The first-order valence-electron chi connectivity index (χ1n) is 7.13. The number of carbonyl (C=O) groups excluding carboxylic acids is 1. The molecule has 0 atom stereocenters. The van der Waals surface area contributed by atoms with Gasteiger partial charge in [-0.3, -0.25) is 9.69 Å². The second-order valence-corrected chi connectivity index (χ2v) is 6.44. The van der Waals surface area contributed by atoms with Gasteiger partial charge in [0.15, 0.2) is 0 Å². The monoisotopic (exact) mass is 297 g/mol. The number of rotatable bonds is 6. The second kappa shape index (κ2) is 7.71. The predicted molar refractivity (Wildman–Crippen MR) is 79.5 cm³/mol. The lowest BCUT2D eigenvalue weighted by Crippen LogP contribution is -2.35. The molecule has 0 spiro atoms. The molecule has 1 amide bonds. The molecular formula is C14H23N3O2S. The topological polar surface area (TPSA) is 54.5 Å². The fraction of sp³-hybridized carbons (Fsp3) is 0.714. The van der Waals surface area contributed by atoms with Crippen molar-refractivity contribution < 1.29 is 9.53 Å². The lowest BCUT2D eigenvalue weighted by molar-refractivity contribution is -0.121. The Labute approximate surface area is 124 Å². The smallest absolute Gasteiger partial charge is 0.220 e. The van der Waals surface area contributed by atoms with Crippen LogP contribution >= 0.6 is 11.3 Å². The summed E-state index contributed by atoms with van der Waals surface area (Å²) >= 11 is 1.62. The quantitative estimate of drug-likeness (QED) is 0.867. The van der Waals surface area contributed by atoms with E-state index in [1.807, 2.05) is 13.8 Å². The van der Waals surface area contributed by atoms with Gasteiger partial charge in [-0.25, -0.2) is 4.98 Å². The van der Waals surface area contributed by atoms with Gasteiger partial charge in [0.2, 0.25) is 5.91 Å². The number of hydrogen-bond acceptors (Lipinski definition) is 5. The minimum atomic E-state index is 0.102. The maximum absolute atomic E-state index is 11.6. The normalized spacial score (nSPS) is 16.6. The zero-order valence-corrected chi connectivity index (χ0v) is 13.0. The van der Waals surface area contributed by atoms with E-state index >= 15 is 0 Å². The van der Waals surface area contributed by atoms with Crippen molar-refractivity contribution in [3.8, 4) is 0 Å². The van der Waals surface area contributed by atoms with Gasteiger partial charge in [0.05, 0.1) is 25.5 Å². The number of nitrogens with one attached hydrogen (secondary N) is 1. The van der Waals surface area contributed by atoms with Crippen molar-refractivity contribution in [2.24, 2.45) is 5.92 Å². The van der Waals surface area contributed by atoms with Crippen LogP contribution in [0.25, 0.3) is 0 Å². The largest absolute Gasteiger partial charge is 0.379 e. The van der Waals surface area contributed by atoms with Gasteiger partial charge in [-0.1, -0.05) is 13.8 Å². The number of morpholine rings is 1. The van der Waals surface area contributed by atoms with Crippen LogP contribution in [-0.2, 0) is 22.6 Å². The van der Waals surface area contributed by atoms with Gasteiger partial charge in [-0.05, 0) is 5.92 Å². The van der Waals surface area contributed by atoms with Crippen LogP contribution in [0.3, 0.4) is 0 Å². The Balaban J connectivity index is 1.75. The molecule has 1 aromatic heterocycles. The highest BCUT2D eigenvalue weighted by Gasteiger charge is 2.13. The van der Waals surface area contributed by atoms with Crippen molar-refractivity contribution in [3.05, 3.63) is 16.1 Å². The molecule has 1 aromatic rings. The molecule has 1 saturated heterocycles. The van der Waals surface area contributed by atoms with Crippen molar-refractivity contribution in [3.63, 3.8) is 0 Å². The molecule has 0 saturated carbocycles. The summed E-state index contributed by atoms with van der Waals surface area (Å²) in [5.74, 6) is 0.494. The zero-order chi connectivity index (χ0) is 14.4. The molecule has 2 rings (SSSR count). The third-order valence-corrected chi connectivity index (χ3v) is 4.02. The molecule has 5 nitrogen and oxygen atoms in total. The summed E-state index contributed by atoms with van der Waals surface area (Å²) in [6.07, 6.45) is 0.575. The Morgan fingerprint density at radius 2 is 2.25 bits per heavy atom. The molecule has 0 radical (unpaired) electrons. The fourth-order valence-corrected chi connectivity index (χ4v) is 2.83. The first kappa shape index (κ1) is 15.4. The van der Waals surface area contributed by atoms with Crippen molar-refractivity contribution in [1.29, 1.82) is 0 Å². The lowest BCUT2D eigenvalue weighted by atomic mass is 10.1. The van der Waals surface area contributed by atoms with Crippen LogP contribution in [-0.4, -0.2) is 42.1 Å². The lowest BCUT2D eigenvalue weighted by Gasteiger charge is -2.25. The van der Waals surface area contributed by atoms with Crippen LogP contribution in [0.4, 0.5) is 0 Å². The summed E-state index contributed by atoms with van der Waals surface area (Å²) in [6, 6.07) is 0. The van der Waals surface area contributed by atoms with Gasteiger partial charge in [0.25, 0.3) is 0 Å². The standard InChI is InChI=1S/C14H23N3O2S/c1-11(2)7-13(18)15-8-14-16-12(10-20-14)9-17-3-5-19-6-4-17/h10-11H,3-9H2,1-2H3,(H,15,18). The SMILES string of the molecule is CC(C)CC(=O)NCc1nc(CN2CCOCC2)cs1. The van der Waals surface area contributed by atoms with Crippen LogP contribution in [0.5, 0.6) is 0 Å². The van der Waals surface area contributed by atoms with Crippen LogP contribution in [0, 0.1) is 5.92 Å². The molecule has 112 valence electrons. The van der Waals surface area contributed by atoms with Gasteiger partial charge < -0.3 is 10.1 Å². The van der Waals surface area contributed by atoms with Crippen LogP contribution in [0.2, 0.25) is 0 Å². The molecule has 0 unspecified atom stereocenters. The number of carbonyl (C=O) groups is 1. The number of aromatic nitrogens is 1. The zero-order valence-electron chi connectivity index (χ0n) is 12.2. The minimum Gasteiger partial charge on any atom is -0.379 e. The molecule has 6 heteroatoms. The third-order valence-electron chi connectivity index (χ3n) is 3.12. The van der Waals surface area contributed by atoms with E-state index in [4.69, 9.17) is 4.74 Å². The van der Waals surface area contributed by atoms with Gasteiger partial charge in [-0.2, -0.15) is 0 Å². The van der Waals surface area contributed by atoms with Gasteiger partial charge in [-0.15, -0.1) is 11.3 Å². The van der Waals surface area contributed by atoms with Crippen molar-refractivity contribution in [2.75, 3.05) is 26.3 Å². The first-order chi connectivity index (χ1) is 9.63. The summed E-state index contributed by atoms with van der Waals surface area (Å²) < 4.78 is 5.33. The number of amides is 1. The Morgan fingerprint density at radius 1 is 1.50 bits per heavy atom. The summed E-state index contributed by atoms with van der Waals surface area (Å²) in [6.45, 7) is 9.06. The molecular weight excluding hydrogens is 274 g/mol. The van der Waals surface area contributed by atoms with Gasteiger partial charge >= 0.3 is 0 Å². The Kier molecular flexibility index (Phi) is 5.94. The average molecular weight is 297 g/mol. The van der Waals surface area contributed by atoms with Crippen molar-refractivity contribution in [1.82, 2.24) is 15.2 Å². The molecule has 1 aliphatic heterocycles. The molecule has 0 bridgehead atoms. The van der Waals surface area contributed by atoms with Crippen LogP contribution in [0.1, 0.15) is 31.0 Å². The van der Waals surface area contributed by atoms with E-state index in [-0.39, 0.29) is 5.91 Å². The van der Waals surface area contributed by atoms with Crippen molar-refractivity contribution >= 4 is 17.2 Å². The molecule has 0 aromatic carbocycles. The highest BCUT2D eigenvalue weighted by molar-refractivity contribution is 7.09. The van der Waals surface area contributed by atoms with E-state index in [1.165, 1.54) is 0 Å². The molecule has 1 fully saturated rings. The van der Waals surface area contributed by atoms with Gasteiger partial charge in [0.1, 0.15) is 5.01 Å². The minimum absolute atomic E-state index is 0.102. The predicted octanol–water partition coefficient (Wildman–Crippen LogP) is 1.64.